The van der Waals surface area contributed by atoms with Gasteiger partial charge in [-0.05, 0) is 56.7 Å². The summed E-state index contributed by atoms with van der Waals surface area (Å²) in [5.74, 6) is 1.30. The van der Waals surface area contributed by atoms with Crippen molar-refractivity contribution < 1.29 is 9.13 Å². The van der Waals surface area contributed by atoms with Gasteiger partial charge in [-0.1, -0.05) is 26.2 Å². The van der Waals surface area contributed by atoms with Crippen LogP contribution >= 0.6 is 0 Å². The van der Waals surface area contributed by atoms with Crippen LogP contribution in [0.1, 0.15) is 58.3 Å². The number of nitrogens with zero attached hydrogens (tertiary/aromatic N) is 3. The van der Waals surface area contributed by atoms with E-state index in [9.17, 15) is 4.39 Å². The SMILES string of the molecule is CCC(Nc1nc(NCC2CCCCC2)nc(Oc2ccc(N)c(F)c2)n1)C1CCCN1. The van der Waals surface area contributed by atoms with Crippen LogP contribution in [-0.2, 0) is 0 Å². The van der Waals surface area contributed by atoms with E-state index >= 15 is 0 Å². The van der Waals surface area contributed by atoms with Gasteiger partial charge in [0.25, 0.3) is 0 Å². The molecule has 2 atom stereocenters. The summed E-state index contributed by atoms with van der Waals surface area (Å²) >= 11 is 0. The van der Waals surface area contributed by atoms with Gasteiger partial charge in [-0.2, -0.15) is 15.0 Å². The third-order valence-corrected chi connectivity index (χ3v) is 6.41. The monoisotopic (exact) mass is 443 g/mol. The van der Waals surface area contributed by atoms with Crippen molar-refractivity contribution in [2.75, 3.05) is 29.5 Å². The molecule has 2 fully saturated rings. The molecule has 1 aliphatic heterocycles. The molecule has 1 aliphatic carbocycles. The van der Waals surface area contributed by atoms with E-state index in [1.807, 2.05) is 0 Å². The summed E-state index contributed by atoms with van der Waals surface area (Å²) in [7, 11) is 0. The number of ether oxygens (including phenoxy) is 1. The largest absolute Gasteiger partial charge is 0.424 e. The van der Waals surface area contributed by atoms with Crippen LogP contribution in [0.15, 0.2) is 18.2 Å². The Labute approximate surface area is 189 Å². The van der Waals surface area contributed by atoms with Crippen LogP contribution in [0, 0.1) is 11.7 Å². The maximum absolute atomic E-state index is 13.9. The van der Waals surface area contributed by atoms with Gasteiger partial charge < -0.3 is 26.4 Å². The van der Waals surface area contributed by atoms with E-state index in [2.05, 4.69) is 37.8 Å². The quantitative estimate of drug-likeness (QED) is 0.424. The van der Waals surface area contributed by atoms with Gasteiger partial charge >= 0.3 is 6.01 Å². The van der Waals surface area contributed by atoms with Crippen LogP contribution in [0.3, 0.4) is 0 Å². The van der Waals surface area contributed by atoms with Crippen LogP contribution in [0.25, 0.3) is 0 Å². The molecule has 0 amide bonds. The lowest BCUT2D eigenvalue weighted by Crippen LogP contribution is -2.40. The minimum Gasteiger partial charge on any atom is -0.424 e. The number of anilines is 3. The molecule has 0 bridgehead atoms. The molecule has 32 heavy (non-hydrogen) atoms. The van der Waals surface area contributed by atoms with E-state index < -0.39 is 5.82 Å². The molecule has 2 heterocycles. The number of nitrogens with two attached hydrogens (primary N) is 1. The molecule has 2 aromatic rings. The second kappa shape index (κ2) is 10.8. The number of hydrogen-bond acceptors (Lipinski definition) is 8. The van der Waals surface area contributed by atoms with Gasteiger partial charge in [-0.25, -0.2) is 4.39 Å². The van der Waals surface area contributed by atoms with Crippen molar-refractivity contribution in [2.24, 2.45) is 5.92 Å². The molecule has 0 radical (unpaired) electrons. The normalized spacial score (nSPS) is 20.1. The van der Waals surface area contributed by atoms with E-state index in [0.717, 1.165) is 25.9 Å². The van der Waals surface area contributed by atoms with Gasteiger partial charge in [0.1, 0.15) is 11.6 Å². The van der Waals surface area contributed by atoms with Gasteiger partial charge in [-0.3, -0.25) is 0 Å². The summed E-state index contributed by atoms with van der Waals surface area (Å²) in [4.78, 5) is 13.5. The summed E-state index contributed by atoms with van der Waals surface area (Å²) in [6, 6.07) is 5.00. The summed E-state index contributed by atoms with van der Waals surface area (Å²) in [5, 5.41) is 10.4. The molecule has 174 valence electrons. The minimum atomic E-state index is -0.538. The third-order valence-electron chi connectivity index (χ3n) is 6.41. The highest BCUT2D eigenvalue weighted by atomic mass is 19.1. The lowest BCUT2D eigenvalue weighted by atomic mass is 9.89. The standard InChI is InChI=1S/C23H34FN7O/c1-2-19(20-9-6-12-26-20)28-22-29-21(27-14-15-7-4-3-5-8-15)30-23(31-22)32-16-10-11-18(25)17(24)13-16/h10-11,13,15,19-20,26H,2-9,12,14,25H2,1H3,(H2,27,28,29,30,31). The highest BCUT2D eigenvalue weighted by Gasteiger charge is 2.24. The van der Waals surface area contributed by atoms with Crippen molar-refractivity contribution in [3.8, 4) is 11.8 Å². The molecule has 2 aliphatic rings. The lowest BCUT2D eigenvalue weighted by Gasteiger charge is -2.24. The maximum atomic E-state index is 13.9. The Morgan fingerprint density at radius 2 is 1.94 bits per heavy atom. The number of aromatic nitrogens is 3. The number of nitrogen functional groups attached to an aromatic ring is 1. The molecule has 2 unspecified atom stereocenters. The van der Waals surface area contributed by atoms with E-state index in [0.29, 0.717) is 23.9 Å². The summed E-state index contributed by atoms with van der Waals surface area (Å²) in [6.07, 6.45) is 9.56. The molecular weight excluding hydrogens is 409 g/mol. The maximum Gasteiger partial charge on any atom is 0.328 e. The summed E-state index contributed by atoms with van der Waals surface area (Å²) in [6.45, 7) is 4.00. The van der Waals surface area contributed by atoms with Crippen LogP contribution in [0.4, 0.5) is 22.0 Å². The zero-order valence-corrected chi connectivity index (χ0v) is 18.7. The van der Waals surface area contributed by atoms with Crippen molar-refractivity contribution in [3.63, 3.8) is 0 Å². The average molecular weight is 444 g/mol. The van der Waals surface area contributed by atoms with Crippen molar-refractivity contribution >= 4 is 17.6 Å². The number of benzene rings is 1. The fraction of sp³-hybridized carbons (Fsp3) is 0.609. The summed E-state index contributed by atoms with van der Waals surface area (Å²) < 4.78 is 19.6. The number of hydrogen-bond donors (Lipinski definition) is 4. The smallest absolute Gasteiger partial charge is 0.328 e. The minimum absolute atomic E-state index is 0.0695. The fourth-order valence-electron chi connectivity index (χ4n) is 4.56. The van der Waals surface area contributed by atoms with Crippen LogP contribution < -0.4 is 26.4 Å². The first-order chi connectivity index (χ1) is 15.6. The zero-order valence-electron chi connectivity index (χ0n) is 18.7. The Hall–Kier alpha value is -2.68. The van der Waals surface area contributed by atoms with Gasteiger partial charge in [0.2, 0.25) is 11.9 Å². The van der Waals surface area contributed by atoms with Crippen LogP contribution in [0.5, 0.6) is 11.8 Å². The van der Waals surface area contributed by atoms with Crippen LogP contribution in [0.2, 0.25) is 0 Å². The molecule has 1 aromatic carbocycles. The second-order valence-electron chi connectivity index (χ2n) is 8.80. The predicted molar refractivity (Wildman–Crippen MR) is 125 cm³/mol. The first kappa shape index (κ1) is 22.5. The molecule has 1 aromatic heterocycles. The first-order valence-corrected chi connectivity index (χ1v) is 11.8. The zero-order chi connectivity index (χ0) is 22.3. The topological polar surface area (TPSA) is 110 Å². The summed E-state index contributed by atoms with van der Waals surface area (Å²) in [5.41, 5.74) is 5.64. The second-order valence-corrected chi connectivity index (χ2v) is 8.80. The highest BCUT2D eigenvalue weighted by Crippen LogP contribution is 2.26. The van der Waals surface area contributed by atoms with Crippen molar-refractivity contribution in [3.05, 3.63) is 24.0 Å². The Kier molecular flexibility index (Phi) is 7.57. The third kappa shape index (κ3) is 5.97. The number of rotatable bonds is 9. The van der Waals surface area contributed by atoms with E-state index in [4.69, 9.17) is 10.5 Å². The Morgan fingerprint density at radius 1 is 1.12 bits per heavy atom. The average Bonchev–Trinajstić information content (AvgIpc) is 3.34. The Bertz CT molecular complexity index is 885. The lowest BCUT2D eigenvalue weighted by molar-refractivity contribution is 0.372. The highest BCUT2D eigenvalue weighted by molar-refractivity contribution is 5.44. The van der Waals surface area contributed by atoms with E-state index in [-0.39, 0.29) is 23.5 Å². The predicted octanol–water partition coefficient (Wildman–Crippen LogP) is 4.32. The molecule has 1 saturated heterocycles. The van der Waals surface area contributed by atoms with E-state index in [1.54, 1.807) is 6.07 Å². The molecular formula is C23H34FN7O. The molecule has 4 rings (SSSR count). The first-order valence-electron chi connectivity index (χ1n) is 11.8. The number of nitrogens with one attached hydrogen (secondary N) is 3. The van der Waals surface area contributed by atoms with E-state index in [1.165, 1.54) is 50.7 Å². The molecule has 1 saturated carbocycles. The van der Waals surface area contributed by atoms with Crippen molar-refractivity contribution in [1.82, 2.24) is 20.3 Å². The molecule has 0 spiro atoms. The van der Waals surface area contributed by atoms with Gasteiger partial charge in [0.05, 0.1) is 5.69 Å². The van der Waals surface area contributed by atoms with Crippen LogP contribution in [-0.4, -0.2) is 40.1 Å². The fourth-order valence-corrected chi connectivity index (χ4v) is 4.56. The molecule has 9 heteroatoms. The van der Waals surface area contributed by atoms with Crippen molar-refractivity contribution in [2.45, 2.75) is 70.4 Å². The van der Waals surface area contributed by atoms with Crippen molar-refractivity contribution in [1.29, 1.82) is 0 Å². The molecule has 5 N–H and O–H groups in total. The Balaban J connectivity index is 1.52. The van der Waals surface area contributed by atoms with Gasteiger partial charge in [-0.15, -0.1) is 0 Å². The Morgan fingerprint density at radius 3 is 2.66 bits per heavy atom. The van der Waals surface area contributed by atoms with Gasteiger partial charge in [0.15, 0.2) is 0 Å². The van der Waals surface area contributed by atoms with Gasteiger partial charge in [0, 0.05) is 24.7 Å². The number of halogens is 1. The molecule has 8 nitrogen and oxygen atoms in total.